The Morgan fingerprint density at radius 2 is 2.12 bits per heavy atom. The molecule has 0 bridgehead atoms. The normalized spacial score (nSPS) is 34.7. The fourth-order valence-electron chi connectivity index (χ4n) is 3.42. The van der Waals surface area contributed by atoms with Crippen LogP contribution in [0.2, 0.25) is 0 Å². The Hall–Kier alpha value is -0.0800. The van der Waals surface area contributed by atoms with E-state index in [4.69, 9.17) is 0 Å². The maximum Gasteiger partial charge on any atom is 0.0101 e. The molecule has 0 aromatic heterocycles. The monoisotopic (exact) mass is 224 g/mol. The highest BCUT2D eigenvalue weighted by molar-refractivity contribution is 4.91. The lowest BCUT2D eigenvalue weighted by molar-refractivity contribution is 0.220. The second kappa shape index (κ2) is 5.05. The minimum absolute atomic E-state index is 0.602. The standard InChI is InChI=1S/C14H28N2/c1-4-15-10-12-6-8-16(11-12)13-5-7-14(2,3)9-13/h12-13,15H,4-11H2,1-3H3. The predicted molar refractivity (Wildman–Crippen MR) is 69.6 cm³/mol. The predicted octanol–water partition coefficient (Wildman–Crippen LogP) is 2.50. The molecular formula is C14H28N2. The van der Waals surface area contributed by atoms with Gasteiger partial charge in [-0.1, -0.05) is 20.8 Å². The van der Waals surface area contributed by atoms with Crippen molar-refractivity contribution in [3.63, 3.8) is 0 Å². The number of nitrogens with one attached hydrogen (secondary N) is 1. The zero-order chi connectivity index (χ0) is 11.6. The summed E-state index contributed by atoms with van der Waals surface area (Å²) < 4.78 is 0. The Morgan fingerprint density at radius 1 is 1.31 bits per heavy atom. The molecule has 2 fully saturated rings. The highest BCUT2D eigenvalue weighted by atomic mass is 15.2. The number of hydrogen-bond donors (Lipinski definition) is 1. The summed E-state index contributed by atoms with van der Waals surface area (Å²) in [7, 11) is 0. The van der Waals surface area contributed by atoms with Crippen LogP contribution in [0.5, 0.6) is 0 Å². The third-order valence-corrected chi connectivity index (χ3v) is 4.46. The van der Waals surface area contributed by atoms with E-state index < -0.39 is 0 Å². The molecule has 16 heavy (non-hydrogen) atoms. The van der Waals surface area contributed by atoms with Crippen LogP contribution < -0.4 is 5.32 Å². The van der Waals surface area contributed by atoms with E-state index in [2.05, 4.69) is 31.0 Å². The van der Waals surface area contributed by atoms with Crippen molar-refractivity contribution in [3.05, 3.63) is 0 Å². The molecule has 0 aromatic rings. The van der Waals surface area contributed by atoms with Gasteiger partial charge in [0.15, 0.2) is 0 Å². The highest BCUT2D eigenvalue weighted by Crippen LogP contribution is 2.40. The van der Waals surface area contributed by atoms with Crippen molar-refractivity contribution >= 4 is 0 Å². The van der Waals surface area contributed by atoms with E-state index in [1.807, 2.05) is 0 Å². The van der Waals surface area contributed by atoms with E-state index in [0.717, 1.165) is 18.5 Å². The Balaban J connectivity index is 1.76. The minimum Gasteiger partial charge on any atom is -0.317 e. The van der Waals surface area contributed by atoms with Gasteiger partial charge in [0, 0.05) is 12.6 Å². The highest BCUT2D eigenvalue weighted by Gasteiger charge is 2.36. The topological polar surface area (TPSA) is 15.3 Å². The molecule has 0 aromatic carbocycles. The SMILES string of the molecule is CCNCC1CCN(C2CCC(C)(C)C2)C1. The number of rotatable bonds is 4. The van der Waals surface area contributed by atoms with Crippen LogP contribution in [0.25, 0.3) is 0 Å². The first-order valence-electron chi connectivity index (χ1n) is 7.05. The molecule has 0 radical (unpaired) electrons. The minimum atomic E-state index is 0.602. The van der Waals surface area contributed by atoms with Gasteiger partial charge in [-0.15, -0.1) is 0 Å². The van der Waals surface area contributed by atoms with Crippen molar-refractivity contribution in [2.75, 3.05) is 26.2 Å². The first-order valence-corrected chi connectivity index (χ1v) is 7.05. The van der Waals surface area contributed by atoms with Gasteiger partial charge in [-0.2, -0.15) is 0 Å². The van der Waals surface area contributed by atoms with E-state index in [0.29, 0.717) is 5.41 Å². The average Bonchev–Trinajstić information content (AvgIpc) is 2.81. The van der Waals surface area contributed by atoms with Crippen molar-refractivity contribution in [1.82, 2.24) is 10.2 Å². The first-order chi connectivity index (χ1) is 7.61. The van der Waals surface area contributed by atoms with Crippen molar-refractivity contribution in [3.8, 4) is 0 Å². The maximum absolute atomic E-state index is 3.49. The van der Waals surface area contributed by atoms with Gasteiger partial charge in [0.1, 0.15) is 0 Å². The summed E-state index contributed by atoms with van der Waals surface area (Å²) in [5.41, 5.74) is 0.602. The number of nitrogens with zero attached hydrogens (tertiary/aromatic N) is 1. The van der Waals surface area contributed by atoms with E-state index >= 15 is 0 Å². The first kappa shape index (κ1) is 12.4. The van der Waals surface area contributed by atoms with Gasteiger partial charge in [-0.3, -0.25) is 0 Å². The van der Waals surface area contributed by atoms with Gasteiger partial charge in [-0.25, -0.2) is 0 Å². The summed E-state index contributed by atoms with van der Waals surface area (Å²) >= 11 is 0. The van der Waals surface area contributed by atoms with Crippen LogP contribution in [-0.4, -0.2) is 37.1 Å². The Labute approximate surface area is 101 Å². The van der Waals surface area contributed by atoms with Gasteiger partial charge in [0.2, 0.25) is 0 Å². The number of likely N-dealkylation sites (tertiary alicyclic amines) is 1. The Bertz CT molecular complexity index is 225. The fourth-order valence-corrected chi connectivity index (χ4v) is 3.42. The molecule has 2 unspecified atom stereocenters. The van der Waals surface area contributed by atoms with Crippen molar-refractivity contribution in [1.29, 1.82) is 0 Å². The summed E-state index contributed by atoms with van der Waals surface area (Å²) in [6.07, 6.45) is 5.68. The molecular weight excluding hydrogens is 196 g/mol. The lowest BCUT2D eigenvalue weighted by Crippen LogP contribution is -2.33. The third-order valence-electron chi connectivity index (χ3n) is 4.46. The third kappa shape index (κ3) is 2.98. The van der Waals surface area contributed by atoms with Gasteiger partial charge < -0.3 is 10.2 Å². The second-order valence-electron chi connectivity index (χ2n) is 6.52. The summed E-state index contributed by atoms with van der Waals surface area (Å²) in [6, 6.07) is 0.890. The molecule has 2 nitrogen and oxygen atoms in total. The van der Waals surface area contributed by atoms with Gasteiger partial charge >= 0.3 is 0 Å². The van der Waals surface area contributed by atoms with Crippen LogP contribution in [0, 0.1) is 11.3 Å². The molecule has 0 amide bonds. The lowest BCUT2D eigenvalue weighted by Gasteiger charge is -2.25. The van der Waals surface area contributed by atoms with Crippen molar-refractivity contribution in [2.45, 2.75) is 52.5 Å². The Kier molecular flexibility index (Phi) is 3.91. The molecule has 1 aliphatic carbocycles. The van der Waals surface area contributed by atoms with E-state index in [1.165, 1.54) is 45.3 Å². The van der Waals surface area contributed by atoms with E-state index in [1.54, 1.807) is 0 Å². The summed E-state index contributed by atoms with van der Waals surface area (Å²) in [6.45, 7) is 12.1. The molecule has 1 aliphatic heterocycles. The van der Waals surface area contributed by atoms with Gasteiger partial charge in [-0.05, 0) is 56.7 Å². The van der Waals surface area contributed by atoms with Crippen molar-refractivity contribution in [2.24, 2.45) is 11.3 Å². The second-order valence-corrected chi connectivity index (χ2v) is 6.52. The van der Waals surface area contributed by atoms with E-state index in [9.17, 15) is 0 Å². The zero-order valence-electron chi connectivity index (χ0n) is 11.3. The largest absolute Gasteiger partial charge is 0.317 e. The molecule has 1 heterocycles. The van der Waals surface area contributed by atoms with Crippen LogP contribution >= 0.6 is 0 Å². The maximum atomic E-state index is 3.49. The van der Waals surface area contributed by atoms with Crippen LogP contribution in [0.4, 0.5) is 0 Å². The molecule has 1 N–H and O–H groups in total. The van der Waals surface area contributed by atoms with Crippen LogP contribution in [0.3, 0.4) is 0 Å². The average molecular weight is 224 g/mol. The van der Waals surface area contributed by atoms with Gasteiger partial charge in [0.25, 0.3) is 0 Å². The fraction of sp³-hybridized carbons (Fsp3) is 1.00. The van der Waals surface area contributed by atoms with Crippen LogP contribution in [0.15, 0.2) is 0 Å². The zero-order valence-corrected chi connectivity index (χ0v) is 11.3. The van der Waals surface area contributed by atoms with Crippen molar-refractivity contribution < 1.29 is 0 Å². The lowest BCUT2D eigenvalue weighted by atomic mass is 9.91. The number of hydrogen-bond acceptors (Lipinski definition) is 2. The smallest absolute Gasteiger partial charge is 0.0101 e. The molecule has 94 valence electrons. The molecule has 2 atom stereocenters. The molecule has 0 spiro atoms. The molecule has 1 saturated heterocycles. The quantitative estimate of drug-likeness (QED) is 0.789. The summed E-state index contributed by atoms with van der Waals surface area (Å²) in [5.74, 6) is 0.906. The summed E-state index contributed by atoms with van der Waals surface area (Å²) in [5, 5.41) is 3.49. The molecule has 2 heteroatoms. The molecule has 2 aliphatic rings. The summed E-state index contributed by atoms with van der Waals surface area (Å²) in [4.78, 5) is 2.76. The Morgan fingerprint density at radius 3 is 2.75 bits per heavy atom. The molecule has 2 rings (SSSR count). The van der Waals surface area contributed by atoms with Crippen LogP contribution in [-0.2, 0) is 0 Å². The van der Waals surface area contributed by atoms with Gasteiger partial charge in [0.05, 0.1) is 0 Å². The van der Waals surface area contributed by atoms with E-state index in [-0.39, 0.29) is 0 Å². The molecule has 1 saturated carbocycles. The van der Waals surface area contributed by atoms with Crippen LogP contribution in [0.1, 0.15) is 46.5 Å².